The lowest BCUT2D eigenvalue weighted by atomic mass is 10.1. The van der Waals surface area contributed by atoms with Crippen LogP contribution in [0.4, 0.5) is 5.69 Å². The molecule has 0 fully saturated rings. The van der Waals surface area contributed by atoms with Gasteiger partial charge in [0, 0.05) is 6.07 Å². The van der Waals surface area contributed by atoms with Crippen molar-refractivity contribution in [3.8, 4) is 11.5 Å². The van der Waals surface area contributed by atoms with Gasteiger partial charge in [-0.1, -0.05) is 29.8 Å². The van der Waals surface area contributed by atoms with E-state index < -0.39 is 22.0 Å². The van der Waals surface area contributed by atoms with Crippen LogP contribution in [0.15, 0.2) is 42.5 Å². The molecule has 29 heavy (non-hydrogen) atoms. The average Bonchev–Trinajstić information content (AvgIpc) is 2.67. The summed E-state index contributed by atoms with van der Waals surface area (Å²) in [6.07, 6.45) is 1.07. The van der Waals surface area contributed by atoms with Gasteiger partial charge in [0.15, 0.2) is 11.5 Å². The second kappa shape index (κ2) is 9.17. The molecule has 0 heterocycles. The number of hydrogen-bond acceptors (Lipinski definition) is 5. The number of carbonyl (C=O) groups is 1. The van der Waals surface area contributed by atoms with E-state index in [4.69, 9.17) is 9.47 Å². The normalized spacial score (nSPS) is 13.3. The largest absolute Gasteiger partial charge is 0.493 e. The Labute approximate surface area is 172 Å². The van der Waals surface area contributed by atoms with E-state index in [1.165, 1.54) is 20.3 Å². The van der Waals surface area contributed by atoms with Gasteiger partial charge < -0.3 is 14.8 Å². The number of aryl methyl sites for hydroxylation is 1. The van der Waals surface area contributed by atoms with Crippen LogP contribution < -0.4 is 19.1 Å². The molecule has 0 saturated heterocycles. The fourth-order valence-corrected chi connectivity index (χ4v) is 4.21. The summed E-state index contributed by atoms with van der Waals surface area (Å²) >= 11 is 0. The van der Waals surface area contributed by atoms with E-state index in [9.17, 15) is 13.2 Å². The van der Waals surface area contributed by atoms with E-state index in [0.29, 0.717) is 17.2 Å². The van der Waals surface area contributed by atoms with Crippen LogP contribution in [-0.2, 0) is 14.8 Å². The predicted octanol–water partition coefficient (Wildman–Crippen LogP) is 3.04. The number of hydrogen-bond donors (Lipinski definition) is 1. The molecular weight excluding hydrogens is 392 g/mol. The third-order valence-corrected chi connectivity index (χ3v) is 5.89. The number of ether oxygens (including phenoxy) is 2. The van der Waals surface area contributed by atoms with E-state index in [1.54, 1.807) is 19.1 Å². The minimum atomic E-state index is -3.74. The van der Waals surface area contributed by atoms with Crippen molar-refractivity contribution in [1.29, 1.82) is 0 Å². The first-order chi connectivity index (χ1) is 13.6. The number of benzene rings is 2. The van der Waals surface area contributed by atoms with Gasteiger partial charge in [0.05, 0.1) is 32.2 Å². The van der Waals surface area contributed by atoms with Crippen molar-refractivity contribution >= 4 is 21.6 Å². The smallest absolute Gasteiger partial charge is 0.244 e. The molecule has 158 valence electrons. The van der Waals surface area contributed by atoms with Crippen molar-refractivity contribution < 1.29 is 22.7 Å². The highest BCUT2D eigenvalue weighted by molar-refractivity contribution is 7.92. The van der Waals surface area contributed by atoms with Crippen molar-refractivity contribution in [3.05, 3.63) is 53.6 Å². The third kappa shape index (κ3) is 5.41. The van der Waals surface area contributed by atoms with Crippen LogP contribution in [0, 0.1) is 6.92 Å². The Bertz CT molecular complexity index is 958. The number of rotatable bonds is 8. The van der Waals surface area contributed by atoms with Crippen LogP contribution >= 0.6 is 0 Å². The molecule has 0 saturated carbocycles. The van der Waals surface area contributed by atoms with Crippen LogP contribution in [-0.4, -0.2) is 40.8 Å². The molecule has 0 aromatic heterocycles. The van der Waals surface area contributed by atoms with Crippen LogP contribution in [0.5, 0.6) is 11.5 Å². The maximum atomic E-state index is 12.9. The molecule has 0 aliphatic rings. The van der Waals surface area contributed by atoms with Crippen molar-refractivity contribution in [2.75, 3.05) is 24.8 Å². The van der Waals surface area contributed by atoms with Gasteiger partial charge in [-0.05, 0) is 38.5 Å². The maximum absolute atomic E-state index is 12.9. The molecule has 1 amide bonds. The van der Waals surface area contributed by atoms with Crippen LogP contribution in [0.2, 0.25) is 0 Å². The van der Waals surface area contributed by atoms with Crippen LogP contribution in [0.1, 0.15) is 31.0 Å². The van der Waals surface area contributed by atoms with Gasteiger partial charge in [-0.2, -0.15) is 0 Å². The summed E-state index contributed by atoms with van der Waals surface area (Å²) in [5, 5.41) is 2.89. The van der Waals surface area contributed by atoms with E-state index in [-0.39, 0.29) is 6.04 Å². The summed E-state index contributed by atoms with van der Waals surface area (Å²) in [4.78, 5) is 12.9. The molecule has 0 radical (unpaired) electrons. The molecule has 2 aromatic carbocycles. The first-order valence-corrected chi connectivity index (χ1v) is 11.0. The van der Waals surface area contributed by atoms with E-state index >= 15 is 0 Å². The highest BCUT2D eigenvalue weighted by Gasteiger charge is 2.30. The van der Waals surface area contributed by atoms with Crippen molar-refractivity contribution in [1.82, 2.24) is 5.32 Å². The van der Waals surface area contributed by atoms with Gasteiger partial charge >= 0.3 is 0 Å². The molecule has 0 unspecified atom stereocenters. The summed E-state index contributed by atoms with van der Waals surface area (Å²) in [6.45, 7) is 5.40. The number of nitrogens with one attached hydrogen (secondary N) is 1. The molecule has 0 aliphatic carbocycles. The average molecular weight is 421 g/mol. The van der Waals surface area contributed by atoms with E-state index in [1.807, 2.05) is 38.1 Å². The quantitative estimate of drug-likeness (QED) is 0.710. The molecule has 8 heteroatoms. The molecule has 0 bridgehead atoms. The maximum Gasteiger partial charge on any atom is 0.244 e. The summed E-state index contributed by atoms with van der Waals surface area (Å²) < 4.78 is 36.5. The summed E-state index contributed by atoms with van der Waals surface area (Å²) in [7, 11) is -0.778. The monoisotopic (exact) mass is 420 g/mol. The molecular formula is C21H28N2O5S. The second-order valence-electron chi connectivity index (χ2n) is 6.92. The van der Waals surface area contributed by atoms with Gasteiger partial charge in [-0.25, -0.2) is 8.42 Å². The Balaban J connectivity index is 2.30. The lowest BCUT2D eigenvalue weighted by Gasteiger charge is -2.29. The molecule has 7 nitrogen and oxygen atoms in total. The Kier molecular flexibility index (Phi) is 7.13. The summed E-state index contributed by atoms with van der Waals surface area (Å²) in [5.74, 6) is 0.437. The van der Waals surface area contributed by atoms with Crippen molar-refractivity contribution in [2.24, 2.45) is 0 Å². The second-order valence-corrected chi connectivity index (χ2v) is 8.77. The zero-order valence-corrected chi connectivity index (χ0v) is 18.4. The first-order valence-electron chi connectivity index (χ1n) is 9.16. The number of carbonyl (C=O) groups excluding carboxylic acids is 1. The molecule has 2 atom stereocenters. The van der Waals surface area contributed by atoms with E-state index in [2.05, 4.69) is 5.32 Å². The van der Waals surface area contributed by atoms with Crippen LogP contribution in [0.25, 0.3) is 0 Å². The standard InChI is InChI=1S/C21H28N2O5S/c1-14-7-9-17(10-8-14)15(2)22-21(24)16(3)23(29(6,25)26)18-11-12-19(27-4)20(13-18)28-5/h7-13,15-16H,1-6H3,(H,22,24)/t15-,16-/m1/s1. The van der Waals surface area contributed by atoms with Gasteiger partial charge in [0.2, 0.25) is 15.9 Å². The fraction of sp³-hybridized carbons (Fsp3) is 0.381. The van der Waals surface area contributed by atoms with Crippen LogP contribution in [0.3, 0.4) is 0 Å². The summed E-state index contributed by atoms with van der Waals surface area (Å²) in [5.41, 5.74) is 2.38. The van der Waals surface area contributed by atoms with Gasteiger partial charge in [-0.3, -0.25) is 9.10 Å². The molecule has 2 aromatic rings. The minimum absolute atomic E-state index is 0.266. The Hall–Kier alpha value is -2.74. The Morgan fingerprint density at radius 2 is 1.59 bits per heavy atom. The highest BCUT2D eigenvalue weighted by Crippen LogP contribution is 2.33. The van der Waals surface area contributed by atoms with Gasteiger partial charge in [0.25, 0.3) is 0 Å². The topological polar surface area (TPSA) is 84.9 Å². The number of nitrogens with zero attached hydrogens (tertiary/aromatic N) is 1. The highest BCUT2D eigenvalue weighted by atomic mass is 32.2. The molecule has 0 aliphatic heterocycles. The minimum Gasteiger partial charge on any atom is -0.493 e. The van der Waals surface area contributed by atoms with Crippen molar-refractivity contribution in [2.45, 2.75) is 32.9 Å². The fourth-order valence-electron chi connectivity index (χ4n) is 3.04. The number of anilines is 1. The summed E-state index contributed by atoms with van der Waals surface area (Å²) in [6, 6.07) is 11.3. The van der Waals surface area contributed by atoms with Gasteiger partial charge in [-0.15, -0.1) is 0 Å². The van der Waals surface area contributed by atoms with Crippen molar-refractivity contribution in [3.63, 3.8) is 0 Å². The Morgan fingerprint density at radius 1 is 1.00 bits per heavy atom. The first kappa shape index (κ1) is 22.5. The zero-order chi connectivity index (χ0) is 21.8. The lowest BCUT2D eigenvalue weighted by molar-refractivity contribution is -0.122. The van der Waals surface area contributed by atoms with Gasteiger partial charge in [0.1, 0.15) is 6.04 Å². The SMILES string of the molecule is COc1ccc(N([C@H](C)C(=O)N[C@H](C)c2ccc(C)cc2)S(C)(=O)=O)cc1OC. The molecule has 2 rings (SSSR count). The molecule has 1 N–H and O–H groups in total. The third-order valence-electron chi connectivity index (χ3n) is 4.65. The molecule has 0 spiro atoms. The van der Waals surface area contributed by atoms with E-state index in [0.717, 1.165) is 21.7 Å². The predicted molar refractivity (Wildman–Crippen MR) is 114 cm³/mol. The number of amides is 1. The number of sulfonamides is 1. The zero-order valence-electron chi connectivity index (χ0n) is 17.6. The Morgan fingerprint density at radius 3 is 2.10 bits per heavy atom. The number of methoxy groups -OCH3 is 2. The lowest BCUT2D eigenvalue weighted by Crippen LogP contribution is -2.48.